The van der Waals surface area contributed by atoms with Gasteiger partial charge in [-0.05, 0) is 51.7 Å². The zero-order chi connectivity index (χ0) is 15.1. The van der Waals surface area contributed by atoms with Crippen LogP contribution in [0.15, 0.2) is 0 Å². The molecule has 0 bridgehead atoms. The van der Waals surface area contributed by atoms with Crippen LogP contribution in [0.3, 0.4) is 0 Å². The monoisotopic (exact) mass is 272 g/mol. The highest BCUT2D eigenvalue weighted by molar-refractivity contribution is 4.82. The Bertz CT molecular complexity index is 228. The first-order chi connectivity index (χ1) is 8.60. The molecule has 0 aromatic carbocycles. The Kier molecular flexibility index (Phi) is 8.18. The zero-order valence-corrected chi connectivity index (χ0v) is 14.2. The Balaban J connectivity index is 4.35. The smallest absolute Gasteiger partial charge is 0.0718 e. The number of hydrogen-bond donors (Lipinski definition) is 2. The van der Waals surface area contributed by atoms with Crippen molar-refractivity contribution in [3.05, 3.63) is 0 Å². The van der Waals surface area contributed by atoms with E-state index in [-0.39, 0.29) is 5.41 Å². The Morgan fingerprint density at radius 1 is 1.11 bits per heavy atom. The van der Waals surface area contributed by atoms with E-state index in [0.29, 0.717) is 6.04 Å². The van der Waals surface area contributed by atoms with Crippen LogP contribution < -0.4 is 5.32 Å². The van der Waals surface area contributed by atoms with Crippen molar-refractivity contribution in [1.29, 1.82) is 0 Å². The summed E-state index contributed by atoms with van der Waals surface area (Å²) >= 11 is 0. The molecular weight excluding hydrogens is 236 g/mol. The normalized spacial score (nSPS) is 15.0. The van der Waals surface area contributed by atoms with Gasteiger partial charge in [-0.2, -0.15) is 0 Å². The molecule has 1 atom stereocenters. The molecule has 0 saturated heterocycles. The second-order valence-electron chi connectivity index (χ2n) is 7.34. The Hall–Kier alpha value is -0.120. The van der Waals surface area contributed by atoms with Crippen LogP contribution in [0.2, 0.25) is 0 Å². The highest BCUT2D eigenvalue weighted by Gasteiger charge is 2.25. The second kappa shape index (κ2) is 8.23. The Morgan fingerprint density at radius 3 is 2.05 bits per heavy atom. The average molecular weight is 272 g/mol. The summed E-state index contributed by atoms with van der Waals surface area (Å²) in [5.41, 5.74) is -0.326. The topological polar surface area (TPSA) is 35.5 Å². The number of rotatable bonds is 9. The van der Waals surface area contributed by atoms with E-state index in [4.69, 9.17) is 0 Å². The lowest BCUT2D eigenvalue weighted by Gasteiger charge is -2.35. The molecule has 0 aromatic heterocycles. The molecule has 19 heavy (non-hydrogen) atoms. The van der Waals surface area contributed by atoms with Gasteiger partial charge in [-0.15, -0.1) is 0 Å². The van der Waals surface area contributed by atoms with E-state index < -0.39 is 5.60 Å². The fourth-order valence-electron chi connectivity index (χ4n) is 2.37. The van der Waals surface area contributed by atoms with E-state index in [1.54, 1.807) is 0 Å². The third-order valence-electron chi connectivity index (χ3n) is 3.48. The van der Waals surface area contributed by atoms with Crippen molar-refractivity contribution in [2.24, 2.45) is 5.41 Å². The van der Waals surface area contributed by atoms with Gasteiger partial charge in [0.15, 0.2) is 0 Å². The van der Waals surface area contributed by atoms with E-state index in [2.05, 4.69) is 44.8 Å². The van der Waals surface area contributed by atoms with Crippen LogP contribution in [-0.2, 0) is 0 Å². The van der Waals surface area contributed by atoms with Crippen molar-refractivity contribution in [3.63, 3.8) is 0 Å². The molecule has 0 fully saturated rings. The van der Waals surface area contributed by atoms with E-state index in [1.165, 1.54) is 6.42 Å². The summed E-state index contributed by atoms with van der Waals surface area (Å²) in [7, 11) is 0. The zero-order valence-electron chi connectivity index (χ0n) is 14.2. The SMILES string of the molecule is CCCNC(CCN(CC)CC(C)(C)O)C(C)(C)C. The molecule has 0 heterocycles. The molecule has 1 unspecified atom stereocenters. The fourth-order valence-corrected chi connectivity index (χ4v) is 2.37. The van der Waals surface area contributed by atoms with Crippen LogP contribution in [0.4, 0.5) is 0 Å². The van der Waals surface area contributed by atoms with Crippen LogP contribution >= 0.6 is 0 Å². The van der Waals surface area contributed by atoms with E-state index >= 15 is 0 Å². The standard InChI is InChI=1S/C16H36N2O/c1-8-11-17-14(15(3,4)5)10-12-18(9-2)13-16(6,7)19/h14,17,19H,8-13H2,1-7H3. The van der Waals surface area contributed by atoms with Crippen LogP contribution in [0, 0.1) is 5.41 Å². The Labute approximate surface area is 120 Å². The van der Waals surface area contributed by atoms with Crippen molar-refractivity contribution in [1.82, 2.24) is 10.2 Å². The number of hydrogen-bond acceptors (Lipinski definition) is 3. The average Bonchev–Trinajstić information content (AvgIpc) is 2.23. The summed E-state index contributed by atoms with van der Waals surface area (Å²) in [6.45, 7) is 18.9. The minimum Gasteiger partial charge on any atom is -0.389 e. The number of likely N-dealkylation sites (N-methyl/N-ethyl adjacent to an activating group) is 1. The fraction of sp³-hybridized carbons (Fsp3) is 1.00. The summed E-state index contributed by atoms with van der Waals surface area (Å²) in [5, 5.41) is 13.6. The maximum absolute atomic E-state index is 9.93. The largest absolute Gasteiger partial charge is 0.389 e. The van der Waals surface area contributed by atoms with Crippen molar-refractivity contribution in [2.45, 2.75) is 73.0 Å². The van der Waals surface area contributed by atoms with E-state index in [1.807, 2.05) is 13.8 Å². The summed E-state index contributed by atoms with van der Waals surface area (Å²) in [4.78, 5) is 2.34. The molecule has 2 N–H and O–H groups in total. The lowest BCUT2D eigenvalue weighted by Crippen LogP contribution is -2.45. The van der Waals surface area contributed by atoms with Crippen LogP contribution in [0.25, 0.3) is 0 Å². The van der Waals surface area contributed by atoms with Crippen LogP contribution in [0.1, 0.15) is 61.3 Å². The molecule has 0 aliphatic heterocycles. The first-order valence-electron chi connectivity index (χ1n) is 7.78. The van der Waals surface area contributed by atoms with Crippen molar-refractivity contribution in [3.8, 4) is 0 Å². The summed E-state index contributed by atoms with van der Waals surface area (Å²) in [5.74, 6) is 0. The molecule has 0 aliphatic rings. The Morgan fingerprint density at radius 2 is 1.68 bits per heavy atom. The lowest BCUT2D eigenvalue weighted by molar-refractivity contribution is 0.0352. The molecule has 3 heteroatoms. The van der Waals surface area contributed by atoms with Crippen LogP contribution in [0.5, 0.6) is 0 Å². The maximum Gasteiger partial charge on any atom is 0.0718 e. The first-order valence-corrected chi connectivity index (χ1v) is 7.78. The number of nitrogens with one attached hydrogen (secondary N) is 1. The van der Waals surface area contributed by atoms with Crippen molar-refractivity contribution in [2.75, 3.05) is 26.2 Å². The van der Waals surface area contributed by atoms with Gasteiger partial charge in [0, 0.05) is 12.6 Å². The van der Waals surface area contributed by atoms with Gasteiger partial charge >= 0.3 is 0 Å². The molecule has 0 spiro atoms. The molecule has 116 valence electrons. The van der Waals surface area contributed by atoms with Gasteiger partial charge < -0.3 is 15.3 Å². The quantitative estimate of drug-likeness (QED) is 0.677. The minimum atomic E-state index is -0.607. The van der Waals surface area contributed by atoms with Gasteiger partial charge in [-0.3, -0.25) is 0 Å². The predicted molar refractivity (Wildman–Crippen MR) is 84.6 cm³/mol. The summed E-state index contributed by atoms with van der Waals surface area (Å²) in [6.07, 6.45) is 2.31. The second-order valence-corrected chi connectivity index (χ2v) is 7.34. The molecule has 0 radical (unpaired) electrons. The van der Waals surface area contributed by atoms with Crippen molar-refractivity contribution < 1.29 is 5.11 Å². The molecule has 3 nitrogen and oxygen atoms in total. The maximum atomic E-state index is 9.93. The third-order valence-corrected chi connectivity index (χ3v) is 3.48. The van der Waals surface area contributed by atoms with E-state index in [9.17, 15) is 5.11 Å². The van der Waals surface area contributed by atoms with Gasteiger partial charge in [-0.1, -0.05) is 34.6 Å². The van der Waals surface area contributed by atoms with Crippen LogP contribution in [-0.4, -0.2) is 47.8 Å². The highest BCUT2D eigenvalue weighted by atomic mass is 16.3. The van der Waals surface area contributed by atoms with Gasteiger partial charge in [0.25, 0.3) is 0 Å². The first kappa shape index (κ1) is 18.9. The summed E-state index contributed by atoms with van der Waals surface area (Å²) < 4.78 is 0. The van der Waals surface area contributed by atoms with Gasteiger partial charge in [0.2, 0.25) is 0 Å². The molecule has 0 aliphatic carbocycles. The minimum absolute atomic E-state index is 0.281. The molecule has 0 saturated carbocycles. The molecule has 0 amide bonds. The van der Waals surface area contributed by atoms with Gasteiger partial charge in [0.1, 0.15) is 0 Å². The highest BCUT2D eigenvalue weighted by Crippen LogP contribution is 2.22. The predicted octanol–water partition coefficient (Wildman–Crippen LogP) is 2.88. The van der Waals surface area contributed by atoms with Crippen molar-refractivity contribution >= 4 is 0 Å². The van der Waals surface area contributed by atoms with E-state index in [0.717, 1.165) is 32.6 Å². The summed E-state index contributed by atoms with van der Waals surface area (Å²) in [6, 6.07) is 0.531. The molecular formula is C16H36N2O. The number of nitrogens with zero attached hydrogens (tertiary/aromatic N) is 1. The van der Waals surface area contributed by atoms with Gasteiger partial charge in [0.05, 0.1) is 5.60 Å². The number of aliphatic hydroxyl groups is 1. The molecule has 0 rings (SSSR count). The third kappa shape index (κ3) is 9.42. The lowest BCUT2D eigenvalue weighted by atomic mass is 9.84. The van der Waals surface area contributed by atoms with Gasteiger partial charge in [-0.25, -0.2) is 0 Å². The molecule has 0 aromatic rings.